The van der Waals surface area contributed by atoms with Crippen LogP contribution in [0.2, 0.25) is 0 Å². The number of hydrogen-bond acceptors (Lipinski definition) is 4. The zero-order valence-electron chi connectivity index (χ0n) is 11.9. The Hall–Kier alpha value is 0.110. The molecule has 0 radical (unpaired) electrons. The zero-order valence-corrected chi connectivity index (χ0v) is 12.8. The first-order valence-corrected chi connectivity index (χ1v) is 8.83. The molecule has 0 N–H and O–H groups in total. The molecule has 0 spiro atoms. The van der Waals surface area contributed by atoms with Gasteiger partial charge in [0.2, 0.25) is 7.37 Å². The SMILES string of the molecule is CCCO[P@@](=O)(CC(OC)OC)C1CCCCC1. The Labute approximate surface area is 111 Å². The van der Waals surface area contributed by atoms with E-state index in [2.05, 4.69) is 0 Å². The Bertz CT molecular complexity index is 260. The van der Waals surface area contributed by atoms with E-state index < -0.39 is 13.7 Å². The van der Waals surface area contributed by atoms with E-state index in [4.69, 9.17) is 14.0 Å². The summed E-state index contributed by atoms with van der Waals surface area (Å²) in [6.45, 7) is 2.60. The van der Waals surface area contributed by atoms with Crippen molar-refractivity contribution in [1.29, 1.82) is 0 Å². The highest BCUT2D eigenvalue weighted by Crippen LogP contribution is 2.57. The molecule has 0 saturated heterocycles. The van der Waals surface area contributed by atoms with Crippen molar-refractivity contribution in [2.24, 2.45) is 0 Å². The molecule has 1 rings (SSSR count). The predicted molar refractivity (Wildman–Crippen MR) is 73.4 cm³/mol. The van der Waals surface area contributed by atoms with Gasteiger partial charge in [0.05, 0.1) is 12.8 Å². The van der Waals surface area contributed by atoms with Gasteiger partial charge in [-0.2, -0.15) is 0 Å². The summed E-state index contributed by atoms with van der Waals surface area (Å²) in [6, 6.07) is 0. The number of hydrogen-bond donors (Lipinski definition) is 0. The van der Waals surface area contributed by atoms with Crippen LogP contribution in [0.15, 0.2) is 0 Å². The molecule has 1 aliphatic rings. The molecule has 1 fully saturated rings. The largest absolute Gasteiger partial charge is 0.355 e. The van der Waals surface area contributed by atoms with E-state index in [1.807, 2.05) is 6.92 Å². The molecule has 0 unspecified atom stereocenters. The summed E-state index contributed by atoms with van der Waals surface area (Å²) in [5.41, 5.74) is 0.200. The molecule has 1 aliphatic carbocycles. The normalized spacial score (nSPS) is 21.1. The highest BCUT2D eigenvalue weighted by Gasteiger charge is 2.37. The molecule has 1 atom stereocenters. The second-order valence-corrected chi connectivity index (χ2v) is 7.74. The summed E-state index contributed by atoms with van der Waals surface area (Å²) >= 11 is 0. The molecule has 0 heterocycles. The van der Waals surface area contributed by atoms with Crippen LogP contribution in [-0.4, -0.2) is 38.9 Å². The highest BCUT2D eigenvalue weighted by molar-refractivity contribution is 7.59. The first-order chi connectivity index (χ1) is 8.66. The van der Waals surface area contributed by atoms with Crippen LogP contribution in [0.3, 0.4) is 0 Å². The minimum absolute atomic E-state index is 0.200. The van der Waals surface area contributed by atoms with Crippen LogP contribution in [0.4, 0.5) is 0 Å². The van der Waals surface area contributed by atoms with Crippen molar-refractivity contribution in [1.82, 2.24) is 0 Å². The van der Waals surface area contributed by atoms with Gasteiger partial charge >= 0.3 is 0 Å². The summed E-state index contributed by atoms with van der Waals surface area (Å²) < 4.78 is 29.2. The lowest BCUT2D eigenvalue weighted by Crippen LogP contribution is -2.25. The molecule has 5 heteroatoms. The average molecular weight is 278 g/mol. The highest BCUT2D eigenvalue weighted by atomic mass is 31.2. The summed E-state index contributed by atoms with van der Waals surface area (Å²) in [5, 5.41) is 0. The summed E-state index contributed by atoms with van der Waals surface area (Å²) in [6.07, 6.45) is 6.45. The van der Waals surface area contributed by atoms with Gasteiger partial charge in [0.15, 0.2) is 6.29 Å². The van der Waals surface area contributed by atoms with Crippen molar-refractivity contribution in [2.75, 3.05) is 27.0 Å². The smallest absolute Gasteiger partial charge is 0.211 e. The lowest BCUT2D eigenvalue weighted by Gasteiger charge is -2.32. The predicted octanol–water partition coefficient (Wildman–Crippen LogP) is 3.64. The Morgan fingerprint density at radius 2 is 1.78 bits per heavy atom. The van der Waals surface area contributed by atoms with Gasteiger partial charge in [0.25, 0.3) is 0 Å². The Kier molecular flexibility index (Phi) is 7.47. The standard InChI is InChI=1S/C13H27O4P/c1-4-10-17-18(14,11-13(15-2)16-3)12-8-6-5-7-9-12/h12-13H,4-11H2,1-3H3/t18-/m0/s1. The lowest BCUT2D eigenvalue weighted by molar-refractivity contribution is -0.0868. The van der Waals surface area contributed by atoms with E-state index in [1.165, 1.54) is 6.42 Å². The van der Waals surface area contributed by atoms with Gasteiger partial charge in [-0.3, -0.25) is 4.57 Å². The maximum atomic E-state index is 13.1. The maximum Gasteiger partial charge on any atom is 0.211 e. The van der Waals surface area contributed by atoms with E-state index in [-0.39, 0.29) is 5.66 Å². The second-order valence-electron chi connectivity index (χ2n) is 4.93. The minimum atomic E-state index is -2.65. The van der Waals surface area contributed by atoms with Gasteiger partial charge in [-0.15, -0.1) is 0 Å². The Balaban J connectivity index is 2.69. The third kappa shape index (κ3) is 4.65. The molecule has 0 bridgehead atoms. The second kappa shape index (κ2) is 8.31. The van der Waals surface area contributed by atoms with Gasteiger partial charge in [-0.05, 0) is 19.3 Å². The van der Waals surface area contributed by atoms with Crippen LogP contribution in [-0.2, 0) is 18.6 Å². The van der Waals surface area contributed by atoms with E-state index in [0.717, 1.165) is 32.1 Å². The van der Waals surface area contributed by atoms with Crippen molar-refractivity contribution >= 4 is 7.37 Å². The van der Waals surface area contributed by atoms with Gasteiger partial charge in [0.1, 0.15) is 0 Å². The molecule has 0 aromatic rings. The topological polar surface area (TPSA) is 44.8 Å². The van der Waals surface area contributed by atoms with Gasteiger partial charge in [-0.25, -0.2) is 0 Å². The zero-order chi connectivity index (χ0) is 13.4. The summed E-state index contributed by atoms with van der Waals surface area (Å²) in [4.78, 5) is 0. The molecule has 0 aromatic carbocycles. The first kappa shape index (κ1) is 16.2. The van der Waals surface area contributed by atoms with Crippen molar-refractivity contribution in [3.63, 3.8) is 0 Å². The lowest BCUT2D eigenvalue weighted by atomic mass is 10.0. The van der Waals surface area contributed by atoms with Crippen LogP contribution in [0.5, 0.6) is 0 Å². The van der Waals surface area contributed by atoms with Crippen LogP contribution >= 0.6 is 7.37 Å². The summed E-state index contributed by atoms with van der Waals surface area (Å²) in [5.74, 6) is 0. The van der Waals surface area contributed by atoms with E-state index in [1.54, 1.807) is 14.2 Å². The monoisotopic (exact) mass is 278 g/mol. The quantitative estimate of drug-likeness (QED) is 0.502. The number of methoxy groups -OCH3 is 2. The summed E-state index contributed by atoms with van der Waals surface area (Å²) in [7, 11) is 0.515. The van der Waals surface area contributed by atoms with E-state index in [9.17, 15) is 4.57 Å². The van der Waals surface area contributed by atoms with Gasteiger partial charge < -0.3 is 14.0 Å². The first-order valence-electron chi connectivity index (χ1n) is 6.95. The van der Waals surface area contributed by atoms with Crippen LogP contribution < -0.4 is 0 Å². The van der Waals surface area contributed by atoms with Crippen molar-refractivity contribution in [3.05, 3.63) is 0 Å². The molecule has 108 valence electrons. The minimum Gasteiger partial charge on any atom is -0.355 e. The number of rotatable bonds is 8. The van der Waals surface area contributed by atoms with E-state index >= 15 is 0 Å². The van der Waals surface area contributed by atoms with Gasteiger partial charge in [-0.1, -0.05) is 26.2 Å². The molecular weight excluding hydrogens is 251 g/mol. The number of ether oxygens (including phenoxy) is 2. The van der Waals surface area contributed by atoms with Crippen LogP contribution in [0, 0.1) is 0 Å². The Morgan fingerprint density at radius 3 is 2.28 bits per heavy atom. The molecule has 0 aromatic heterocycles. The van der Waals surface area contributed by atoms with Crippen molar-refractivity contribution in [2.45, 2.75) is 57.4 Å². The Morgan fingerprint density at radius 1 is 1.17 bits per heavy atom. The molecule has 0 amide bonds. The fraction of sp³-hybridized carbons (Fsp3) is 1.00. The third-order valence-corrected chi connectivity index (χ3v) is 6.63. The van der Waals surface area contributed by atoms with E-state index in [0.29, 0.717) is 12.8 Å². The average Bonchev–Trinajstić information content (AvgIpc) is 2.43. The van der Waals surface area contributed by atoms with Crippen molar-refractivity contribution < 1.29 is 18.6 Å². The third-order valence-electron chi connectivity index (χ3n) is 3.57. The molecule has 1 saturated carbocycles. The molecule has 18 heavy (non-hydrogen) atoms. The van der Waals surface area contributed by atoms with Crippen LogP contribution in [0.1, 0.15) is 45.4 Å². The fourth-order valence-electron chi connectivity index (χ4n) is 2.48. The fourth-order valence-corrected chi connectivity index (χ4v) is 5.45. The van der Waals surface area contributed by atoms with Crippen molar-refractivity contribution in [3.8, 4) is 0 Å². The van der Waals surface area contributed by atoms with Crippen LogP contribution in [0.25, 0.3) is 0 Å². The maximum absolute atomic E-state index is 13.1. The molecule has 4 nitrogen and oxygen atoms in total. The molecule has 0 aliphatic heterocycles. The van der Waals surface area contributed by atoms with Gasteiger partial charge in [0, 0.05) is 19.9 Å². The molecular formula is C13H27O4P.